The predicted octanol–water partition coefficient (Wildman–Crippen LogP) is 5.58. The topological polar surface area (TPSA) is 100 Å². The number of hydrogen-bond acceptors (Lipinski definition) is 7. The van der Waals surface area contributed by atoms with Gasteiger partial charge in [0, 0.05) is 17.7 Å². The Morgan fingerprint density at radius 2 is 1.92 bits per heavy atom. The van der Waals surface area contributed by atoms with Gasteiger partial charge in [0.2, 0.25) is 0 Å². The minimum atomic E-state index is -0.479. The molecule has 7 nitrogen and oxygen atoms in total. The molecule has 0 spiro atoms. The molecule has 0 saturated carbocycles. The van der Waals surface area contributed by atoms with Crippen molar-refractivity contribution in [1.82, 2.24) is 15.3 Å². The number of thioether (sulfide) groups is 1. The lowest BCUT2D eigenvalue weighted by Gasteiger charge is -2.39. The van der Waals surface area contributed by atoms with E-state index in [4.69, 9.17) is 9.47 Å². The van der Waals surface area contributed by atoms with E-state index in [1.165, 1.54) is 11.8 Å². The van der Waals surface area contributed by atoms with Crippen LogP contribution in [0.3, 0.4) is 0 Å². The Morgan fingerprint density at radius 1 is 1.14 bits per heavy atom. The van der Waals surface area contributed by atoms with Gasteiger partial charge in [0.25, 0.3) is 0 Å². The van der Waals surface area contributed by atoms with Crippen molar-refractivity contribution in [2.45, 2.75) is 38.4 Å². The Hall–Kier alpha value is -3.70. The normalized spacial score (nSPS) is 19.1. The fourth-order valence-corrected chi connectivity index (χ4v) is 6.00. The van der Waals surface area contributed by atoms with Crippen LogP contribution in [0.15, 0.2) is 64.3 Å². The zero-order valence-electron chi connectivity index (χ0n) is 20.8. The fourth-order valence-electron chi connectivity index (χ4n) is 5.07. The highest BCUT2D eigenvalue weighted by Gasteiger charge is 2.42. The average molecular weight is 501 g/mol. The zero-order chi connectivity index (χ0) is 25.4. The van der Waals surface area contributed by atoms with Gasteiger partial charge in [-0.05, 0) is 41.7 Å². The Kier molecular flexibility index (Phi) is 6.27. The number of H-pyrrole nitrogens is 1. The third kappa shape index (κ3) is 4.35. The first kappa shape index (κ1) is 24.0. The van der Waals surface area contributed by atoms with Gasteiger partial charge in [-0.3, -0.25) is 4.79 Å². The molecular weight excluding hydrogens is 472 g/mol. The van der Waals surface area contributed by atoms with Gasteiger partial charge in [0.1, 0.15) is 5.82 Å². The summed E-state index contributed by atoms with van der Waals surface area (Å²) < 4.78 is 10.9. The molecule has 184 valence electrons. The summed E-state index contributed by atoms with van der Waals surface area (Å²) in [5.74, 6) is 2.14. The lowest BCUT2D eigenvalue weighted by Crippen LogP contribution is -2.36. The number of aromatic amines is 1. The summed E-state index contributed by atoms with van der Waals surface area (Å²) in [6.45, 7) is 4.21. The number of nitrogens with one attached hydrogen (secondary N) is 2. The molecule has 1 aliphatic heterocycles. The number of nitriles is 1. The molecule has 2 aromatic carbocycles. The number of para-hydroxylation sites is 2. The summed E-state index contributed by atoms with van der Waals surface area (Å²) >= 11 is 1.52. The monoisotopic (exact) mass is 500 g/mol. The molecule has 1 aromatic heterocycles. The van der Waals surface area contributed by atoms with E-state index in [2.05, 4.69) is 35.2 Å². The Balaban J connectivity index is 1.57. The van der Waals surface area contributed by atoms with Crippen molar-refractivity contribution in [3.05, 3.63) is 75.7 Å². The molecule has 1 unspecified atom stereocenters. The number of methoxy groups -OCH3 is 2. The van der Waals surface area contributed by atoms with Crippen LogP contribution in [0.25, 0.3) is 11.0 Å². The lowest BCUT2D eigenvalue weighted by atomic mass is 9.69. The molecule has 0 bridgehead atoms. The molecular formula is C28H28N4O3S. The van der Waals surface area contributed by atoms with E-state index < -0.39 is 5.92 Å². The van der Waals surface area contributed by atoms with E-state index in [1.54, 1.807) is 14.2 Å². The van der Waals surface area contributed by atoms with Gasteiger partial charge in [0.15, 0.2) is 17.3 Å². The van der Waals surface area contributed by atoms with Crippen LogP contribution in [-0.4, -0.2) is 30.0 Å². The van der Waals surface area contributed by atoms with E-state index in [0.717, 1.165) is 39.6 Å². The van der Waals surface area contributed by atoms with E-state index in [9.17, 15) is 10.1 Å². The van der Waals surface area contributed by atoms with Crippen LogP contribution >= 0.6 is 11.8 Å². The second kappa shape index (κ2) is 9.40. The maximum absolute atomic E-state index is 13.4. The largest absolute Gasteiger partial charge is 0.493 e. The Labute approximate surface area is 214 Å². The van der Waals surface area contributed by atoms with E-state index in [0.29, 0.717) is 34.8 Å². The van der Waals surface area contributed by atoms with Crippen molar-refractivity contribution in [3.8, 4) is 17.6 Å². The first-order chi connectivity index (χ1) is 17.3. The van der Waals surface area contributed by atoms with E-state index >= 15 is 0 Å². The smallest absolute Gasteiger partial charge is 0.162 e. The molecule has 36 heavy (non-hydrogen) atoms. The molecule has 2 aliphatic rings. The van der Waals surface area contributed by atoms with E-state index in [1.807, 2.05) is 42.5 Å². The van der Waals surface area contributed by atoms with Gasteiger partial charge in [-0.2, -0.15) is 5.26 Å². The van der Waals surface area contributed by atoms with Crippen molar-refractivity contribution >= 4 is 28.6 Å². The number of nitrogens with zero attached hydrogens (tertiary/aromatic N) is 2. The van der Waals surface area contributed by atoms with Crippen molar-refractivity contribution in [2.75, 3.05) is 14.2 Å². The zero-order valence-corrected chi connectivity index (χ0v) is 21.6. The number of benzene rings is 2. The molecule has 0 fully saturated rings. The molecule has 3 aromatic rings. The minimum Gasteiger partial charge on any atom is -0.493 e. The highest BCUT2D eigenvalue weighted by atomic mass is 32.2. The maximum Gasteiger partial charge on any atom is 0.162 e. The fraction of sp³-hybridized carbons (Fsp3) is 0.321. The molecule has 0 amide bonds. The number of aromatic nitrogens is 2. The van der Waals surface area contributed by atoms with Crippen LogP contribution in [0.1, 0.15) is 44.0 Å². The molecule has 1 aliphatic carbocycles. The number of ether oxygens (including phenoxy) is 2. The number of carbonyl (C=O) groups is 1. The third-order valence-corrected chi connectivity index (χ3v) is 7.69. The van der Waals surface area contributed by atoms with Crippen LogP contribution < -0.4 is 14.8 Å². The molecule has 0 radical (unpaired) electrons. The van der Waals surface area contributed by atoms with Crippen LogP contribution in [0.5, 0.6) is 11.5 Å². The second-order valence-electron chi connectivity index (χ2n) is 9.85. The average Bonchev–Trinajstić information content (AvgIpc) is 3.28. The summed E-state index contributed by atoms with van der Waals surface area (Å²) in [4.78, 5) is 21.5. The summed E-state index contributed by atoms with van der Waals surface area (Å²) in [7, 11) is 3.17. The summed E-state index contributed by atoms with van der Waals surface area (Å²) in [5, 5.41) is 14.6. The molecule has 8 heteroatoms. The summed E-state index contributed by atoms with van der Waals surface area (Å²) in [6, 6.07) is 15.9. The first-order valence-corrected chi connectivity index (χ1v) is 12.8. The number of ketones is 1. The Bertz CT molecular complexity index is 1430. The minimum absolute atomic E-state index is 0.0719. The maximum atomic E-state index is 13.4. The SMILES string of the molecule is COc1ccc(C2C(C#N)=C(SCc3nc4ccccc4[nH]3)NC3=C2C(=O)CC(C)(C)C3)cc1OC. The van der Waals surface area contributed by atoms with Crippen LogP contribution in [0, 0.1) is 16.7 Å². The van der Waals surface area contributed by atoms with Crippen LogP contribution in [-0.2, 0) is 10.5 Å². The number of imidazole rings is 1. The van der Waals surface area contributed by atoms with Crippen molar-refractivity contribution in [2.24, 2.45) is 5.41 Å². The first-order valence-electron chi connectivity index (χ1n) is 11.8. The summed E-state index contributed by atoms with van der Waals surface area (Å²) in [5.41, 5.74) is 4.64. The lowest BCUT2D eigenvalue weighted by molar-refractivity contribution is -0.118. The van der Waals surface area contributed by atoms with Gasteiger partial charge in [-0.15, -0.1) is 0 Å². The van der Waals surface area contributed by atoms with Gasteiger partial charge in [0.05, 0.1) is 53.6 Å². The second-order valence-corrected chi connectivity index (χ2v) is 10.8. The molecule has 2 heterocycles. The van der Waals surface area contributed by atoms with E-state index in [-0.39, 0.29) is 11.2 Å². The molecule has 2 N–H and O–H groups in total. The number of carbonyl (C=O) groups excluding carboxylic acids is 1. The molecule has 1 atom stereocenters. The standard InChI is InChI=1S/C28H28N4O3S/c1-28(2)12-20-26(21(33)13-28)25(16-9-10-22(34-3)23(11-16)35-4)17(14-29)27(32-20)36-15-24-30-18-7-5-6-8-19(18)31-24/h5-11,25,32H,12-13,15H2,1-4H3,(H,30,31). The summed E-state index contributed by atoms with van der Waals surface area (Å²) in [6.07, 6.45) is 1.17. The molecule has 0 saturated heterocycles. The van der Waals surface area contributed by atoms with Crippen molar-refractivity contribution < 1.29 is 14.3 Å². The number of allylic oxidation sites excluding steroid dienone is 3. The number of fused-ring (bicyclic) bond motifs is 1. The Morgan fingerprint density at radius 3 is 2.64 bits per heavy atom. The molecule has 5 rings (SSSR count). The highest BCUT2D eigenvalue weighted by molar-refractivity contribution is 8.02. The number of Topliss-reactive ketones (excluding diaryl/α,β-unsaturated/α-hetero) is 1. The van der Waals surface area contributed by atoms with Gasteiger partial charge in [-0.25, -0.2) is 4.98 Å². The van der Waals surface area contributed by atoms with Crippen LogP contribution in [0.4, 0.5) is 0 Å². The van der Waals surface area contributed by atoms with Crippen LogP contribution in [0.2, 0.25) is 0 Å². The third-order valence-electron chi connectivity index (χ3n) is 6.66. The van der Waals surface area contributed by atoms with Gasteiger partial charge >= 0.3 is 0 Å². The van der Waals surface area contributed by atoms with Crippen molar-refractivity contribution in [1.29, 1.82) is 5.26 Å². The van der Waals surface area contributed by atoms with Gasteiger partial charge in [-0.1, -0.05) is 43.8 Å². The van der Waals surface area contributed by atoms with Crippen molar-refractivity contribution in [3.63, 3.8) is 0 Å². The van der Waals surface area contributed by atoms with Gasteiger partial charge < -0.3 is 19.8 Å². The predicted molar refractivity (Wildman–Crippen MR) is 140 cm³/mol. The number of hydrogen-bond donors (Lipinski definition) is 2. The number of dihydropyridines is 1. The highest BCUT2D eigenvalue weighted by Crippen LogP contribution is 2.49. The quantitative estimate of drug-likeness (QED) is 0.456. The number of rotatable bonds is 6.